The lowest BCUT2D eigenvalue weighted by molar-refractivity contribution is -0.136. The van der Waals surface area contributed by atoms with Gasteiger partial charge in [0.15, 0.2) is 0 Å². The Bertz CT molecular complexity index is 1200. The smallest absolute Gasteiger partial charge is 0.248 e. The molecule has 186 valence electrons. The van der Waals surface area contributed by atoms with Crippen molar-refractivity contribution in [3.05, 3.63) is 42.7 Å². The first kappa shape index (κ1) is 24.6. The van der Waals surface area contributed by atoms with Crippen LogP contribution in [0.25, 0.3) is 22.3 Å². The van der Waals surface area contributed by atoms with Gasteiger partial charge in [-0.1, -0.05) is 13.8 Å². The van der Waals surface area contributed by atoms with Gasteiger partial charge in [0.05, 0.1) is 41.5 Å². The van der Waals surface area contributed by atoms with E-state index in [1.54, 1.807) is 19.5 Å². The van der Waals surface area contributed by atoms with Crippen LogP contribution in [-0.2, 0) is 9.53 Å². The molecule has 1 aliphatic heterocycles. The highest BCUT2D eigenvalue weighted by atomic mass is 16.5. The number of hydrogen-bond donors (Lipinski definition) is 1. The monoisotopic (exact) mass is 478 g/mol. The molecule has 10 heteroatoms. The third-order valence-corrected chi connectivity index (χ3v) is 6.57. The molecule has 10 nitrogen and oxygen atoms in total. The zero-order valence-electron chi connectivity index (χ0n) is 20.7. The van der Waals surface area contributed by atoms with Crippen LogP contribution in [-0.4, -0.2) is 74.2 Å². The molecule has 0 aliphatic carbocycles. The molecule has 2 N–H and O–H groups in total. The summed E-state index contributed by atoms with van der Waals surface area (Å²) in [7, 11) is 1.54. The van der Waals surface area contributed by atoms with Crippen LogP contribution in [0.5, 0.6) is 0 Å². The van der Waals surface area contributed by atoms with Crippen LogP contribution in [0.15, 0.2) is 42.0 Å². The van der Waals surface area contributed by atoms with Crippen molar-refractivity contribution in [2.75, 3.05) is 26.8 Å². The second kappa shape index (κ2) is 11.3. The second-order valence-corrected chi connectivity index (χ2v) is 8.76. The lowest BCUT2D eigenvalue weighted by atomic mass is 10.1. The molecule has 4 rings (SSSR count). The summed E-state index contributed by atoms with van der Waals surface area (Å²) in [6, 6.07) is 2.40. The van der Waals surface area contributed by atoms with Gasteiger partial charge in [-0.25, -0.2) is 9.50 Å². The summed E-state index contributed by atoms with van der Waals surface area (Å²) in [4.78, 5) is 23.6. The van der Waals surface area contributed by atoms with Gasteiger partial charge in [-0.05, 0) is 31.7 Å². The summed E-state index contributed by atoms with van der Waals surface area (Å²) < 4.78 is 8.77. The number of aliphatic imine (C=N–C) groups is 1. The van der Waals surface area contributed by atoms with Gasteiger partial charge in [0.25, 0.3) is 0 Å². The molecule has 1 saturated heterocycles. The number of allylic oxidation sites excluding steroid dienone is 1. The molecule has 1 fully saturated rings. The van der Waals surface area contributed by atoms with E-state index < -0.39 is 0 Å². The number of carbonyl (C=O) groups is 1. The molecule has 35 heavy (non-hydrogen) atoms. The van der Waals surface area contributed by atoms with E-state index >= 15 is 0 Å². The van der Waals surface area contributed by atoms with Crippen molar-refractivity contribution in [2.45, 2.75) is 51.6 Å². The van der Waals surface area contributed by atoms with Crippen molar-refractivity contribution in [3.63, 3.8) is 0 Å². The fraction of sp³-hybridized carbons (Fsp3) is 0.480. The Kier molecular flexibility index (Phi) is 7.91. The van der Waals surface area contributed by atoms with Gasteiger partial charge in [-0.2, -0.15) is 10.2 Å². The molecule has 0 unspecified atom stereocenters. The minimum atomic E-state index is 0.0351. The number of nitrogens with two attached hydrogens (primary N) is 1. The summed E-state index contributed by atoms with van der Waals surface area (Å²) in [5.74, 6) is 0.0351. The molecule has 4 heterocycles. The summed E-state index contributed by atoms with van der Waals surface area (Å²) >= 11 is 0. The molecule has 1 aliphatic rings. The van der Waals surface area contributed by atoms with Gasteiger partial charge in [-0.15, -0.1) is 0 Å². The van der Waals surface area contributed by atoms with E-state index in [9.17, 15) is 4.79 Å². The van der Waals surface area contributed by atoms with Gasteiger partial charge < -0.3 is 15.4 Å². The SMILES string of the molecule is CCC(CC)N=CC(=CN)c1nc(-c2cnn(C3CCN(C(=O)COC)CC3)c2)cn2nccc12. The fourth-order valence-corrected chi connectivity index (χ4v) is 4.41. The lowest BCUT2D eigenvalue weighted by Crippen LogP contribution is -2.40. The summed E-state index contributed by atoms with van der Waals surface area (Å²) in [5.41, 5.74) is 10.0. The van der Waals surface area contributed by atoms with Crippen LogP contribution in [0.3, 0.4) is 0 Å². The third-order valence-electron chi connectivity index (χ3n) is 6.57. The maximum absolute atomic E-state index is 12.1. The maximum atomic E-state index is 12.1. The Morgan fingerprint density at radius 2 is 2.03 bits per heavy atom. The number of aromatic nitrogens is 5. The van der Waals surface area contributed by atoms with Gasteiger partial charge in [-0.3, -0.25) is 14.5 Å². The van der Waals surface area contributed by atoms with Crippen LogP contribution >= 0.6 is 0 Å². The minimum absolute atomic E-state index is 0.0351. The van der Waals surface area contributed by atoms with Crippen molar-refractivity contribution in [1.29, 1.82) is 0 Å². The average molecular weight is 479 g/mol. The van der Waals surface area contributed by atoms with Crippen molar-refractivity contribution in [1.82, 2.24) is 29.3 Å². The lowest BCUT2D eigenvalue weighted by Gasteiger charge is -2.32. The first-order valence-electron chi connectivity index (χ1n) is 12.2. The Labute approximate surface area is 205 Å². The van der Waals surface area contributed by atoms with E-state index in [0.29, 0.717) is 13.1 Å². The van der Waals surface area contributed by atoms with Crippen LogP contribution < -0.4 is 5.73 Å². The highest BCUT2D eigenvalue weighted by Gasteiger charge is 2.24. The molecule has 3 aromatic heterocycles. The average Bonchev–Trinajstić information content (AvgIpc) is 3.57. The van der Waals surface area contributed by atoms with E-state index in [-0.39, 0.29) is 24.6 Å². The Morgan fingerprint density at radius 3 is 2.71 bits per heavy atom. The zero-order valence-corrected chi connectivity index (χ0v) is 20.7. The van der Waals surface area contributed by atoms with Gasteiger partial charge >= 0.3 is 0 Å². The Hall–Kier alpha value is -3.53. The van der Waals surface area contributed by atoms with E-state index in [1.807, 2.05) is 45.0 Å². The maximum Gasteiger partial charge on any atom is 0.248 e. The van der Waals surface area contributed by atoms with Crippen molar-refractivity contribution in [3.8, 4) is 11.3 Å². The highest BCUT2D eigenvalue weighted by Crippen LogP contribution is 2.27. The first-order chi connectivity index (χ1) is 17.1. The molecule has 0 radical (unpaired) electrons. The summed E-state index contributed by atoms with van der Waals surface area (Å²) in [6.45, 7) is 5.78. The van der Waals surface area contributed by atoms with Crippen molar-refractivity contribution in [2.24, 2.45) is 10.7 Å². The second-order valence-electron chi connectivity index (χ2n) is 8.76. The molecule has 3 aromatic rings. The van der Waals surface area contributed by atoms with Crippen LogP contribution in [0.1, 0.15) is 51.3 Å². The van der Waals surface area contributed by atoms with E-state index in [4.69, 9.17) is 20.4 Å². The first-order valence-corrected chi connectivity index (χ1v) is 12.2. The van der Waals surface area contributed by atoms with Crippen LogP contribution in [0.2, 0.25) is 0 Å². The number of carbonyl (C=O) groups excluding carboxylic acids is 1. The van der Waals surface area contributed by atoms with Gasteiger partial charge in [0, 0.05) is 56.0 Å². The quantitative estimate of drug-likeness (QED) is 0.473. The molecule has 0 spiro atoms. The highest BCUT2D eigenvalue weighted by molar-refractivity contribution is 6.11. The summed E-state index contributed by atoms with van der Waals surface area (Å²) in [5, 5.41) is 9.06. The molecule has 0 aromatic carbocycles. The van der Waals surface area contributed by atoms with Crippen molar-refractivity contribution >= 4 is 23.2 Å². The van der Waals surface area contributed by atoms with Crippen LogP contribution in [0, 0.1) is 0 Å². The van der Waals surface area contributed by atoms with E-state index in [0.717, 1.165) is 53.7 Å². The number of ether oxygens (including phenoxy) is 1. The number of hydrogen-bond acceptors (Lipinski definition) is 7. The van der Waals surface area contributed by atoms with E-state index in [2.05, 4.69) is 24.0 Å². The van der Waals surface area contributed by atoms with E-state index in [1.165, 1.54) is 0 Å². The molecule has 0 bridgehead atoms. The number of piperidine rings is 1. The Morgan fingerprint density at radius 1 is 1.26 bits per heavy atom. The topological polar surface area (TPSA) is 116 Å². The number of amides is 1. The predicted octanol–water partition coefficient (Wildman–Crippen LogP) is 2.96. The fourth-order valence-electron chi connectivity index (χ4n) is 4.41. The number of rotatable bonds is 9. The summed E-state index contributed by atoms with van der Waals surface area (Å²) in [6.07, 6.45) is 14.5. The number of likely N-dealkylation sites (tertiary alicyclic amines) is 1. The number of fused-ring (bicyclic) bond motifs is 1. The molecule has 1 amide bonds. The van der Waals surface area contributed by atoms with Crippen LogP contribution in [0.4, 0.5) is 0 Å². The molecule has 0 saturated carbocycles. The van der Waals surface area contributed by atoms with Crippen molar-refractivity contribution < 1.29 is 9.53 Å². The molecular weight excluding hydrogens is 444 g/mol. The minimum Gasteiger partial charge on any atom is -0.404 e. The predicted molar refractivity (Wildman–Crippen MR) is 136 cm³/mol. The molecular formula is C25H34N8O2. The Balaban J connectivity index is 1.57. The number of nitrogens with zero attached hydrogens (tertiary/aromatic N) is 7. The number of methoxy groups -OCH3 is 1. The standard InChI is InChI=1S/C25H34N8O2/c1-4-20(5-2)27-13-18(12-26)25-23-6-9-28-33(23)16-22(30-25)19-14-29-32(15-19)21-7-10-31(11-8-21)24(34)17-35-3/h6,9,12-16,20-21H,4-5,7-8,10-11,17,26H2,1-3H3. The normalized spacial score (nSPS) is 15.7. The zero-order chi connectivity index (χ0) is 24.8. The van der Waals surface area contributed by atoms with Gasteiger partial charge in [0.2, 0.25) is 5.91 Å². The molecule has 0 atom stereocenters. The van der Waals surface area contributed by atoms with Gasteiger partial charge in [0.1, 0.15) is 6.61 Å². The largest absolute Gasteiger partial charge is 0.404 e. The third kappa shape index (κ3) is 5.43.